The molecule has 0 spiro atoms. The van der Waals surface area contributed by atoms with Crippen LogP contribution in [0.2, 0.25) is 0 Å². The van der Waals surface area contributed by atoms with E-state index in [1.54, 1.807) is 0 Å². The van der Waals surface area contributed by atoms with Gasteiger partial charge in [-0.25, -0.2) is 0 Å². The van der Waals surface area contributed by atoms with Crippen molar-refractivity contribution in [2.45, 2.75) is 6.92 Å². The molecule has 0 aliphatic heterocycles. The van der Waals surface area contributed by atoms with Crippen LogP contribution in [0.25, 0.3) is 6.08 Å². The van der Waals surface area contributed by atoms with E-state index in [1.165, 1.54) is 11.1 Å². The zero-order valence-electron chi connectivity index (χ0n) is 6.55. The van der Waals surface area contributed by atoms with Gasteiger partial charge in [0, 0.05) is 5.88 Å². The minimum Gasteiger partial charge on any atom is -0.122 e. The molecule has 0 amide bonds. The maximum atomic E-state index is 5.52. The Morgan fingerprint density at radius 1 is 1.36 bits per heavy atom. The highest BCUT2D eigenvalue weighted by Gasteiger charge is 1.88. The van der Waals surface area contributed by atoms with Gasteiger partial charge in [-0.05, 0) is 18.1 Å². The maximum Gasteiger partial charge on any atom is 0.0407 e. The van der Waals surface area contributed by atoms with Crippen LogP contribution in [0, 0.1) is 6.92 Å². The summed E-state index contributed by atoms with van der Waals surface area (Å²) in [6, 6.07) is 8.24. The van der Waals surface area contributed by atoms with E-state index in [2.05, 4.69) is 19.1 Å². The van der Waals surface area contributed by atoms with E-state index in [-0.39, 0.29) is 0 Å². The molecule has 1 heteroatoms. The molecule has 0 heterocycles. The average molecular weight is 167 g/mol. The molecule has 1 rings (SSSR count). The lowest BCUT2D eigenvalue weighted by Crippen LogP contribution is -1.77. The van der Waals surface area contributed by atoms with Crippen molar-refractivity contribution in [2.24, 2.45) is 0 Å². The van der Waals surface area contributed by atoms with Gasteiger partial charge in [-0.1, -0.05) is 36.4 Å². The third-order valence-corrected chi connectivity index (χ3v) is 1.75. The van der Waals surface area contributed by atoms with Crippen LogP contribution in [-0.4, -0.2) is 5.88 Å². The fourth-order valence-corrected chi connectivity index (χ4v) is 1.03. The lowest BCUT2D eigenvalue weighted by molar-refractivity contribution is 1.44. The summed E-state index contributed by atoms with van der Waals surface area (Å²) >= 11 is 5.52. The molecule has 0 aromatic heterocycles. The number of allylic oxidation sites excluding steroid dienone is 1. The number of hydrogen-bond acceptors (Lipinski definition) is 0. The van der Waals surface area contributed by atoms with Crippen molar-refractivity contribution in [1.82, 2.24) is 0 Å². The van der Waals surface area contributed by atoms with Crippen LogP contribution in [0.5, 0.6) is 0 Å². The first-order chi connectivity index (χ1) is 5.34. The molecule has 0 fully saturated rings. The van der Waals surface area contributed by atoms with Crippen molar-refractivity contribution in [2.75, 3.05) is 5.88 Å². The summed E-state index contributed by atoms with van der Waals surface area (Å²) in [4.78, 5) is 0. The minimum absolute atomic E-state index is 0.578. The Hall–Kier alpha value is -0.750. The van der Waals surface area contributed by atoms with Crippen LogP contribution >= 0.6 is 11.6 Å². The Bertz CT molecular complexity index is 251. The van der Waals surface area contributed by atoms with Crippen molar-refractivity contribution in [3.63, 3.8) is 0 Å². The van der Waals surface area contributed by atoms with Gasteiger partial charge < -0.3 is 0 Å². The van der Waals surface area contributed by atoms with E-state index < -0.39 is 0 Å². The molecule has 0 saturated heterocycles. The molecule has 0 unspecified atom stereocenters. The molecular weight excluding hydrogens is 156 g/mol. The summed E-state index contributed by atoms with van der Waals surface area (Å²) in [5.41, 5.74) is 2.53. The standard InChI is InChI=1S/C10H11Cl/c1-9-5-2-3-6-10(9)7-4-8-11/h2-7H,8H2,1H3/b7-4+. The Balaban J connectivity index is 2.86. The Morgan fingerprint density at radius 3 is 2.73 bits per heavy atom. The second-order valence-electron chi connectivity index (χ2n) is 2.41. The summed E-state index contributed by atoms with van der Waals surface area (Å²) in [6.07, 6.45) is 3.99. The van der Waals surface area contributed by atoms with E-state index in [0.717, 1.165) is 0 Å². The summed E-state index contributed by atoms with van der Waals surface area (Å²) in [5, 5.41) is 0. The summed E-state index contributed by atoms with van der Waals surface area (Å²) in [7, 11) is 0. The van der Waals surface area contributed by atoms with E-state index in [0.29, 0.717) is 5.88 Å². The molecule has 0 nitrogen and oxygen atoms in total. The van der Waals surface area contributed by atoms with Crippen LogP contribution in [0.1, 0.15) is 11.1 Å². The molecule has 0 aliphatic carbocycles. The topological polar surface area (TPSA) is 0 Å². The Labute approximate surface area is 72.5 Å². The van der Waals surface area contributed by atoms with Gasteiger partial charge in [0.2, 0.25) is 0 Å². The second-order valence-corrected chi connectivity index (χ2v) is 2.72. The van der Waals surface area contributed by atoms with Crippen molar-refractivity contribution in [1.29, 1.82) is 0 Å². The lowest BCUT2D eigenvalue weighted by atomic mass is 10.1. The fourth-order valence-electron chi connectivity index (χ4n) is 0.945. The van der Waals surface area contributed by atoms with Crippen LogP contribution in [-0.2, 0) is 0 Å². The van der Waals surface area contributed by atoms with E-state index >= 15 is 0 Å². The highest BCUT2D eigenvalue weighted by Crippen LogP contribution is 2.08. The van der Waals surface area contributed by atoms with Gasteiger partial charge >= 0.3 is 0 Å². The second kappa shape index (κ2) is 4.20. The van der Waals surface area contributed by atoms with E-state index in [1.807, 2.05) is 24.3 Å². The highest BCUT2D eigenvalue weighted by atomic mass is 35.5. The van der Waals surface area contributed by atoms with Crippen molar-refractivity contribution >= 4 is 17.7 Å². The van der Waals surface area contributed by atoms with Crippen LogP contribution in [0.3, 0.4) is 0 Å². The average Bonchev–Trinajstić information content (AvgIpc) is 2.03. The summed E-state index contributed by atoms with van der Waals surface area (Å²) in [5.74, 6) is 0.578. The monoisotopic (exact) mass is 166 g/mol. The molecule has 0 radical (unpaired) electrons. The van der Waals surface area contributed by atoms with Gasteiger partial charge in [0.05, 0.1) is 0 Å². The van der Waals surface area contributed by atoms with Gasteiger partial charge in [0.1, 0.15) is 0 Å². The quantitative estimate of drug-likeness (QED) is 0.592. The molecule has 0 saturated carbocycles. The van der Waals surface area contributed by atoms with Crippen LogP contribution in [0.4, 0.5) is 0 Å². The predicted molar refractivity (Wildman–Crippen MR) is 50.9 cm³/mol. The van der Waals surface area contributed by atoms with Crippen molar-refractivity contribution < 1.29 is 0 Å². The fraction of sp³-hybridized carbons (Fsp3) is 0.200. The molecule has 1 aromatic rings. The molecule has 0 N–H and O–H groups in total. The van der Waals surface area contributed by atoms with Gasteiger partial charge in [0.25, 0.3) is 0 Å². The first kappa shape index (κ1) is 8.35. The summed E-state index contributed by atoms with van der Waals surface area (Å²) < 4.78 is 0. The number of aryl methyl sites for hydroxylation is 1. The largest absolute Gasteiger partial charge is 0.122 e. The Kier molecular flexibility index (Phi) is 3.18. The van der Waals surface area contributed by atoms with Gasteiger partial charge in [-0.3, -0.25) is 0 Å². The first-order valence-electron chi connectivity index (χ1n) is 3.62. The molecule has 0 bridgehead atoms. The third-order valence-electron chi connectivity index (χ3n) is 1.57. The van der Waals surface area contributed by atoms with E-state index in [4.69, 9.17) is 11.6 Å². The molecule has 58 valence electrons. The van der Waals surface area contributed by atoms with E-state index in [9.17, 15) is 0 Å². The number of benzene rings is 1. The lowest BCUT2D eigenvalue weighted by Gasteiger charge is -1.96. The number of halogens is 1. The molecule has 0 aliphatic rings. The molecule has 0 atom stereocenters. The predicted octanol–water partition coefficient (Wildman–Crippen LogP) is 3.25. The third kappa shape index (κ3) is 2.39. The number of rotatable bonds is 2. The zero-order chi connectivity index (χ0) is 8.10. The maximum absolute atomic E-state index is 5.52. The van der Waals surface area contributed by atoms with Gasteiger partial charge in [0.15, 0.2) is 0 Å². The first-order valence-corrected chi connectivity index (χ1v) is 4.16. The summed E-state index contributed by atoms with van der Waals surface area (Å²) in [6.45, 7) is 2.09. The van der Waals surface area contributed by atoms with Gasteiger partial charge in [-0.2, -0.15) is 0 Å². The normalized spacial score (nSPS) is 10.7. The zero-order valence-corrected chi connectivity index (χ0v) is 7.31. The highest BCUT2D eigenvalue weighted by molar-refractivity contribution is 6.19. The van der Waals surface area contributed by atoms with Crippen LogP contribution in [0.15, 0.2) is 30.3 Å². The van der Waals surface area contributed by atoms with Crippen molar-refractivity contribution in [3.8, 4) is 0 Å². The molecule has 11 heavy (non-hydrogen) atoms. The smallest absolute Gasteiger partial charge is 0.0407 e. The number of hydrogen-bond donors (Lipinski definition) is 0. The molecular formula is C10H11Cl. The Morgan fingerprint density at radius 2 is 2.09 bits per heavy atom. The van der Waals surface area contributed by atoms with Crippen LogP contribution < -0.4 is 0 Å². The molecule has 1 aromatic carbocycles. The SMILES string of the molecule is Cc1ccccc1/C=C/CCl. The minimum atomic E-state index is 0.578. The van der Waals surface area contributed by atoms with Gasteiger partial charge in [-0.15, -0.1) is 11.6 Å². The number of alkyl halides is 1. The van der Waals surface area contributed by atoms with Crippen molar-refractivity contribution in [3.05, 3.63) is 41.5 Å².